The van der Waals surface area contributed by atoms with E-state index in [9.17, 15) is 4.79 Å². The Morgan fingerprint density at radius 2 is 1.83 bits per heavy atom. The van der Waals surface area contributed by atoms with Crippen molar-refractivity contribution < 1.29 is 29.4 Å². The third kappa shape index (κ3) is 7.74. The molecule has 0 atom stereocenters. The minimum absolute atomic E-state index is 0. The van der Waals surface area contributed by atoms with E-state index >= 15 is 0 Å². The van der Waals surface area contributed by atoms with Gasteiger partial charge in [-0.05, 0) is 56.6 Å². The van der Waals surface area contributed by atoms with E-state index in [1.54, 1.807) is 13.0 Å². The molecule has 3 heteroatoms. The molecule has 0 aromatic rings. The number of rotatable bonds is 5. The number of carboxylic acid groups (broad SMARTS) is 1. The second kappa shape index (κ2) is 9.83. The predicted octanol–water partition coefficient (Wildman–Crippen LogP) is 5.60. The van der Waals surface area contributed by atoms with E-state index in [-0.39, 0.29) is 24.9 Å². The van der Waals surface area contributed by atoms with Crippen molar-refractivity contribution in [3.05, 3.63) is 58.7 Å². The van der Waals surface area contributed by atoms with Gasteiger partial charge in [0.1, 0.15) is 0 Å². The Kier molecular flexibility index (Phi) is 9.31. The maximum Gasteiger partial charge on any atom is 0.328 e. The van der Waals surface area contributed by atoms with Gasteiger partial charge in [0.2, 0.25) is 0 Å². The van der Waals surface area contributed by atoms with Crippen LogP contribution < -0.4 is 0 Å². The first-order valence-corrected chi connectivity index (χ1v) is 7.87. The molecule has 0 bridgehead atoms. The van der Waals surface area contributed by atoms with Gasteiger partial charge in [-0.25, -0.2) is 4.79 Å². The Labute approximate surface area is 153 Å². The third-order valence-electron chi connectivity index (χ3n) is 4.12. The zero-order chi connectivity index (χ0) is 16.8. The number of aliphatic carboxylic acids is 1. The number of carboxylic acids is 1. The molecule has 23 heavy (non-hydrogen) atoms. The molecule has 0 aromatic heterocycles. The van der Waals surface area contributed by atoms with Crippen LogP contribution in [0.3, 0.4) is 0 Å². The predicted molar refractivity (Wildman–Crippen MR) is 93.8 cm³/mol. The van der Waals surface area contributed by atoms with Crippen LogP contribution in [-0.2, 0) is 24.3 Å². The molecule has 0 heterocycles. The van der Waals surface area contributed by atoms with Crippen LogP contribution in [0.5, 0.6) is 0 Å². The third-order valence-corrected chi connectivity index (χ3v) is 4.12. The summed E-state index contributed by atoms with van der Waals surface area (Å²) in [6.45, 7) is 10.7. The Balaban J connectivity index is 0.00000484. The van der Waals surface area contributed by atoms with Crippen molar-refractivity contribution in [2.24, 2.45) is 5.41 Å². The zero-order valence-electron chi connectivity index (χ0n) is 15.1. The van der Waals surface area contributed by atoms with Crippen molar-refractivity contribution in [2.45, 2.75) is 53.9 Å². The fourth-order valence-corrected chi connectivity index (χ4v) is 2.88. The van der Waals surface area contributed by atoms with E-state index in [1.165, 1.54) is 36.5 Å². The van der Waals surface area contributed by atoms with Gasteiger partial charge < -0.3 is 5.11 Å². The quantitative estimate of drug-likeness (QED) is 0.391. The largest absolute Gasteiger partial charge is 0.478 e. The molecule has 2 nitrogen and oxygen atoms in total. The molecule has 0 amide bonds. The van der Waals surface area contributed by atoms with Crippen LogP contribution in [-0.4, -0.2) is 11.1 Å². The summed E-state index contributed by atoms with van der Waals surface area (Å²) in [5.41, 5.74) is 5.09. The molecule has 0 radical (unpaired) electrons. The monoisotopic (exact) mass is 364 g/mol. The van der Waals surface area contributed by atoms with Gasteiger partial charge in [-0.3, -0.25) is 0 Å². The molecule has 1 N–H and O–H groups in total. The van der Waals surface area contributed by atoms with Gasteiger partial charge in [0, 0.05) is 25.6 Å². The fraction of sp³-hybridized carbons (Fsp3) is 0.450. The van der Waals surface area contributed by atoms with Gasteiger partial charge in [-0.15, -0.1) is 0 Å². The van der Waals surface area contributed by atoms with Crippen LogP contribution >= 0.6 is 0 Å². The van der Waals surface area contributed by atoms with Crippen molar-refractivity contribution in [3.8, 4) is 0 Å². The molecule has 0 saturated heterocycles. The van der Waals surface area contributed by atoms with E-state index in [1.807, 2.05) is 12.2 Å². The van der Waals surface area contributed by atoms with Crippen molar-refractivity contribution in [2.75, 3.05) is 0 Å². The van der Waals surface area contributed by atoms with Gasteiger partial charge in [-0.2, -0.15) is 0 Å². The van der Waals surface area contributed by atoms with Crippen LogP contribution in [0.1, 0.15) is 53.9 Å². The van der Waals surface area contributed by atoms with Gasteiger partial charge >= 0.3 is 5.97 Å². The molecule has 0 spiro atoms. The smallest absolute Gasteiger partial charge is 0.328 e. The molecular weight excluding hydrogens is 338 g/mol. The van der Waals surface area contributed by atoms with Crippen LogP contribution in [0.15, 0.2) is 58.7 Å². The second-order valence-electron chi connectivity index (χ2n) is 6.76. The van der Waals surface area contributed by atoms with E-state index in [2.05, 4.69) is 39.8 Å². The molecule has 1 aliphatic rings. The average molecular weight is 366 g/mol. The van der Waals surface area contributed by atoms with E-state index in [4.69, 9.17) is 5.11 Å². The van der Waals surface area contributed by atoms with Crippen LogP contribution in [0.25, 0.3) is 0 Å². The topological polar surface area (TPSA) is 37.3 Å². The molecule has 0 aromatic carbocycles. The van der Waals surface area contributed by atoms with Crippen LogP contribution in [0.4, 0.5) is 0 Å². The Hall–Kier alpha value is -1.21. The van der Waals surface area contributed by atoms with Gasteiger partial charge in [0.15, 0.2) is 0 Å². The van der Waals surface area contributed by atoms with Crippen LogP contribution in [0, 0.1) is 5.41 Å². The average Bonchev–Trinajstić information content (AvgIpc) is 2.36. The van der Waals surface area contributed by atoms with Gasteiger partial charge in [-0.1, -0.05) is 55.4 Å². The van der Waals surface area contributed by atoms with Gasteiger partial charge in [0.05, 0.1) is 0 Å². The van der Waals surface area contributed by atoms with Gasteiger partial charge in [0.25, 0.3) is 0 Å². The molecule has 0 unspecified atom stereocenters. The SMILES string of the molecule is CC1=C(/C=C/C(C)=C/C=C/C(C)=C/C(=O)O)C(C)(C)CCC1.[Zn]. The molecule has 1 aliphatic carbocycles. The molecule has 0 saturated carbocycles. The summed E-state index contributed by atoms with van der Waals surface area (Å²) < 4.78 is 0. The Morgan fingerprint density at radius 1 is 1.17 bits per heavy atom. The number of hydrogen-bond acceptors (Lipinski definition) is 1. The first-order chi connectivity index (χ1) is 10.2. The van der Waals surface area contributed by atoms with Crippen LogP contribution in [0.2, 0.25) is 0 Å². The number of carbonyl (C=O) groups is 1. The van der Waals surface area contributed by atoms with Crippen molar-refractivity contribution in [1.82, 2.24) is 0 Å². The van der Waals surface area contributed by atoms with E-state index < -0.39 is 5.97 Å². The minimum Gasteiger partial charge on any atom is -0.478 e. The Morgan fingerprint density at radius 3 is 2.39 bits per heavy atom. The molecule has 122 valence electrons. The molecule has 1 rings (SSSR count). The summed E-state index contributed by atoms with van der Waals surface area (Å²) in [5.74, 6) is -0.912. The summed E-state index contributed by atoms with van der Waals surface area (Å²) in [4.78, 5) is 10.5. The van der Waals surface area contributed by atoms with Crippen molar-refractivity contribution in [1.29, 1.82) is 0 Å². The van der Waals surface area contributed by atoms with Crippen molar-refractivity contribution in [3.63, 3.8) is 0 Å². The Bertz CT molecular complexity index is 572. The first kappa shape index (κ1) is 21.8. The minimum atomic E-state index is -0.912. The molecule has 0 fully saturated rings. The van der Waals surface area contributed by atoms with Crippen molar-refractivity contribution >= 4 is 5.97 Å². The summed E-state index contributed by atoms with van der Waals surface area (Å²) in [5, 5.41) is 8.65. The fourth-order valence-electron chi connectivity index (χ4n) is 2.88. The summed E-state index contributed by atoms with van der Waals surface area (Å²) in [6, 6.07) is 0. The maximum atomic E-state index is 10.5. The number of allylic oxidation sites excluding steroid dienone is 9. The summed E-state index contributed by atoms with van der Waals surface area (Å²) in [7, 11) is 0. The standard InChI is InChI=1S/C20H28O2.Zn/c1-15(8-6-9-16(2)14-19(21)22)11-12-18-17(3)10-7-13-20(18,4)5;/h6,8-9,11-12,14H,7,10,13H2,1-5H3,(H,21,22);/b9-6+,12-11+,15-8+,16-14+;. The zero-order valence-corrected chi connectivity index (χ0v) is 18.1. The van der Waals surface area contributed by atoms with E-state index in [0.717, 1.165) is 11.1 Å². The molecular formula is C20H28O2Zn. The first-order valence-electron chi connectivity index (χ1n) is 7.87. The second-order valence-corrected chi connectivity index (χ2v) is 6.76. The normalized spacial score (nSPS) is 19.3. The number of hydrogen-bond donors (Lipinski definition) is 1. The molecule has 0 aliphatic heterocycles. The maximum absolute atomic E-state index is 10.5. The van der Waals surface area contributed by atoms with E-state index in [0.29, 0.717) is 0 Å². The summed E-state index contributed by atoms with van der Waals surface area (Å²) in [6.07, 6.45) is 15.0. The summed E-state index contributed by atoms with van der Waals surface area (Å²) >= 11 is 0.